The molecular formula is C19H29N3. The van der Waals surface area contributed by atoms with Crippen molar-refractivity contribution in [2.45, 2.75) is 63.6 Å². The van der Waals surface area contributed by atoms with Gasteiger partial charge in [-0.25, -0.2) is 0 Å². The van der Waals surface area contributed by atoms with E-state index in [1.807, 2.05) is 6.20 Å². The van der Waals surface area contributed by atoms with E-state index in [1.165, 1.54) is 70.1 Å². The number of aromatic nitrogens is 1. The summed E-state index contributed by atoms with van der Waals surface area (Å²) in [5, 5.41) is 0. The molecule has 3 heteroatoms. The van der Waals surface area contributed by atoms with E-state index in [0.717, 1.165) is 24.5 Å². The number of fused-ring (bicyclic) bond motifs is 1. The molecule has 2 saturated heterocycles. The van der Waals surface area contributed by atoms with Crippen molar-refractivity contribution in [1.82, 2.24) is 14.8 Å². The zero-order valence-electron chi connectivity index (χ0n) is 13.7. The summed E-state index contributed by atoms with van der Waals surface area (Å²) in [6.45, 7) is 4.95. The highest BCUT2D eigenvalue weighted by atomic mass is 15.3. The van der Waals surface area contributed by atoms with Crippen LogP contribution in [-0.2, 0) is 6.54 Å². The number of piperazine rings is 1. The van der Waals surface area contributed by atoms with Crippen LogP contribution in [0.5, 0.6) is 0 Å². The minimum Gasteiger partial charge on any atom is -0.298 e. The standard InChI is InChI=1S/C19H29N3/c1-2-7-17(8-3-1)19-18-9-5-11-21(18)12-13-22(19)15-16-6-4-10-20-14-16/h4,6,10,14,17-19H,1-3,5,7-9,11-13,15H2. The molecule has 1 aromatic heterocycles. The minimum atomic E-state index is 0.789. The molecule has 0 radical (unpaired) electrons. The lowest BCUT2D eigenvalue weighted by molar-refractivity contribution is -0.00384. The molecule has 22 heavy (non-hydrogen) atoms. The van der Waals surface area contributed by atoms with Crippen molar-refractivity contribution in [3.8, 4) is 0 Å². The van der Waals surface area contributed by atoms with Gasteiger partial charge in [0.25, 0.3) is 0 Å². The fourth-order valence-electron chi connectivity index (χ4n) is 5.16. The Kier molecular flexibility index (Phi) is 4.44. The molecular weight excluding hydrogens is 270 g/mol. The van der Waals surface area contributed by atoms with Crippen LogP contribution in [0.4, 0.5) is 0 Å². The van der Waals surface area contributed by atoms with E-state index in [2.05, 4.69) is 33.1 Å². The quantitative estimate of drug-likeness (QED) is 0.853. The Morgan fingerprint density at radius 2 is 1.91 bits per heavy atom. The van der Waals surface area contributed by atoms with Gasteiger partial charge in [0, 0.05) is 44.1 Å². The van der Waals surface area contributed by atoms with Crippen LogP contribution < -0.4 is 0 Å². The molecule has 1 aliphatic carbocycles. The highest BCUT2D eigenvalue weighted by Gasteiger charge is 2.42. The van der Waals surface area contributed by atoms with Crippen molar-refractivity contribution in [1.29, 1.82) is 0 Å². The van der Waals surface area contributed by atoms with Crippen LogP contribution in [0.15, 0.2) is 24.5 Å². The number of nitrogens with zero attached hydrogens (tertiary/aromatic N) is 3. The first-order valence-electron chi connectivity index (χ1n) is 9.29. The maximum absolute atomic E-state index is 4.32. The summed E-state index contributed by atoms with van der Waals surface area (Å²) >= 11 is 0. The van der Waals surface area contributed by atoms with Crippen molar-refractivity contribution in [2.24, 2.45) is 5.92 Å². The molecule has 0 aromatic carbocycles. The van der Waals surface area contributed by atoms with E-state index in [4.69, 9.17) is 0 Å². The maximum Gasteiger partial charge on any atom is 0.0312 e. The molecule has 0 bridgehead atoms. The summed E-state index contributed by atoms with van der Waals surface area (Å²) in [5.41, 5.74) is 1.38. The Labute approximate surface area is 134 Å². The van der Waals surface area contributed by atoms with Crippen LogP contribution >= 0.6 is 0 Å². The predicted molar refractivity (Wildman–Crippen MR) is 89.6 cm³/mol. The lowest BCUT2D eigenvalue weighted by atomic mass is 9.78. The maximum atomic E-state index is 4.32. The van der Waals surface area contributed by atoms with Crippen LogP contribution in [0.2, 0.25) is 0 Å². The highest BCUT2D eigenvalue weighted by molar-refractivity contribution is 5.10. The van der Waals surface area contributed by atoms with Gasteiger partial charge in [0.2, 0.25) is 0 Å². The second kappa shape index (κ2) is 6.67. The van der Waals surface area contributed by atoms with Crippen LogP contribution in [0.25, 0.3) is 0 Å². The lowest BCUT2D eigenvalue weighted by Gasteiger charge is -2.49. The van der Waals surface area contributed by atoms with Crippen LogP contribution in [0, 0.1) is 5.92 Å². The first-order valence-corrected chi connectivity index (χ1v) is 9.29. The second-order valence-electron chi connectivity index (χ2n) is 7.47. The molecule has 1 saturated carbocycles. The van der Waals surface area contributed by atoms with Gasteiger partial charge in [-0.05, 0) is 49.8 Å². The zero-order chi connectivity index (χ0) is 14.8. The van der Waals surface area contributed by atoms with Crippen LogP contribution in [0.1, 0.15) is 50.5 Å². The summed E-state index contributed by atoms with van der Waals surface area (Å²) in [5.74, 6) is 0.927. The zero-order valence-corrected chi connectivity index (χ0v) is 13.7. The summed E-state index contributed by atoms with van der Waals surface area (Å²) < 4.78 is 0. The van der Waals surface area contributed by atoms with Gasteiger partial charge < -0.3 is 0 Å². The fourth-order valence-corrected chi connectivity index (χ4v) is 5.16. The largest absolute Gasteiger partial charge is 0.298 e. The molecule has 3 nitrogen and oxygen atoms in total. The third kappa shape index (κ3) is 2.93. The molecule has 120 valence electrons. The van der Waals surface area contributed by atoms with Crippen molar-refractivity contribution in [3.05, 3.63) is 30.1 Å². The topological polar surface area (TPSA) is 19.4 Å². The van der Waals surface area contributed by atoms with Gasteiger partial charge in [-0.3, -0.25) is 14.8 Å². The van der Waals surface area contributed by atoms with Crippen molar-refractivity contribution in [2.75, 3.05) is 19.6 Å². The van der Waals surface area contributed by atoms with Gasteiger partial charge in [-0.1, -0.05) is 25.3 Å². The van der Waals surface area contributed by atoms with Gasteiger partial charge >= 0.3 is 0 Å². The lowest BCUT2D eigenvalue weighted by Crippen LogP contribution is -2.59. The molecule has 2 aliphatic heterocycles. The Hall–Kier alpha value is -0.930. The van der Waals surface area contributed by atoms with E-state index >= 15 is 0 Å². The molecule has 0 spiro atoms. The molecule has 2 unspecified atom stereocenters. The first kappa shape index (κ1) is 14.6. The monoisotopic (exact) mass is 299 g/mol. The molecule has 1 aromatic rings. The van der Waals surface area contributed by atoms with Gasteiger partial charge in [0.15, 0.2) is 0 Å². The van der Waals surface area contributed by atoms with Gasteiger partial charge in [0.05, 0.1) is 0 Å². The normalized spacial score (nSPS) is 31.3. The molecule has 3 fully saturated rings. The highest BCUT2D eigenvalue weighted by Crippen LogP contribution is 2.37. The number of pyridine rings is 1. The predicted octanol–water partition coefficient (Wildman–Crippen LogP) is 3.31. The van der Waals surface area contributed by atoms with E-state index in [-0.39, 0.29) is 0 Å². The van der Waals surface area contributed by atoms with E-state index in [9.17, 15) is 0 Å². The summed E-state index contributed by atoms with van der Waals surface area (Å²) in [4.78, 5) is 9.91. The second-order valence-corrected chi connectivity index (χ2v) is 7.47. The Morgan fingerprint density at radius 3 is 2.73 bits per heavy atom. The van der Waals surface area contributed by atoms with Gasteiger partial charge in [-0.2, -0.15) is 0 Å². The van der Waals surface area contributed by atoms with Crippen LogP contribution in [-0.4, -0.2) is 46.5 Å². The van der Waals surface area contributed by atoms with Gasteiger partial charge in [0.1, 0.15) is 0 Å². The van der Waals surface area contributed by atoms with Gasteiger partial charge in [-0.15, -0.1) is 0 Å². The summed E-state index contributed by atoms with van der Waals surface area (Å²) in [6.07, 6.45) is 14.1. The molecule has 2 atom stereocenters. The van der Waals surface area contributed by atoms with E-state index in [1.54, 1.807) is 0 Å². The Bertz CT molecular complexity index is 469. The smallest absolute Gasteiger partial charge is 0.0312 e. The minimum absolute atomic E-state index is 0.789. The average Bonchev–Trinajstić information content (AvgIpc) is 3.05. The van der Waals surface area contributed by atoms with Crippen molar-refractivity contribution < 1.29 is 0 Å². The van der Waals surface area contributed by atoms with Crippen molar-refractivity contribution in [3.63, 3.8) is 0 Å². The third-order valence-corrected chi connectivity index (χ3v) is 6.15. The van der Waals surface area contributed by atoms with E-state index < -0.39 is 0 Å². The molecule has 3 heterocycles. The number of rotatable bonds is 3. The Morgan fingerprint density at radius 1 is 1.00 bits per heavy atom. The Balaban J connectivity index is 1.54. The SMILES string of the molecule is c1cncc(CN2CCN3CCCC3C2C2CCCCC2)c1. The van der Waals surface area contributed by atoms with Crippen molar-refractivity contribution >= 4 is 0 Å². The van der Waals surface area contributed by atoms with E-state index in [0.29, 0.717) is 0 Å². The number of hydrogen-bond donors (Lipinski definition) is 0. The summed E-state index contributed by atoms with van der Waals surface area (Å²) in [6, 6.07) is 5.94. The first-order chi connectivity index (χ1) is 10.9. The van der Waals surface area contributed by atoms with Crippen LogP contribution in [0.3, 0.4) is 0 Å². The summed E-state index contributed by atoms with van der Waals surface area (Å²) in [7, 11) is 0. The third-order valence-electron chi connectivity index (χ3n) is 6.15. The molecule has 4 rings (SSSR count). The molecule has 3 aliphatic rings. The fraction of sp³-hybridized carbons (Fsp3) is 0.737. The number of hydrogen-bond acceptors (Lipinski definition) is 3. The average molecular weight is 299 g/mol. The molecule has 0 N–H and O–H groups in total. The molecule has 0 amide bonds.